The van der Waals surface area contributed by atoms with E-state index in [0.29, 0.717) is 0 Å². The van der Waals surface area contributed by atoms with Crippen LogP contribution in [0.25, 0.3) is 94.2 Å². The number of benzene rings is 8. The average molecular weight is 639 g/mol. The van der Waals surface area contributed by atoms with Gasteiger partial charge in [-0.25, -0.2) is 4.98 Å². The van der Waals surface area contributed by atoms with E-state index in [2.05, 4.69) is 162 Å². The van der Waals surface area contributed by atoms with Gasteiger partial charge >= 0.3 is 0 Å². The van der Waals surface area contributed by atoms with Crippen LogP contribution in [0.15, 0.2) is 186 Å². The first-order valence-corrected chi connectivity index (χ1v) is 17.0. The summed E-state index contributed by atoms with van der Waals surface area (Å²) >= 11 is 0. The molecule has 0 atom stereocenters. The first-order chi connectivity index (χ1) is 24.8. The van der Waals surface area contributed by atoms with E-state index in [0.717, 1.165) is 72.3 Å². The zero-order valence-electron chi connectivity index (χ0n) is 27.1. The zero-order valence-corrected chi connectivity index (χ0v) is 27.1. The topological polar surface area (TPSA) is 31.0 Å². The van der Waals surface area contributed by atoms with Crippen LogP contribution >= 0.6 is 0 Å². The van der Waals surface area contributed by atoms with E-state index in [1.165, 1.54) is 21.9 Å². The van der Waals surface area contributed by atoms with Gasteiger partial charge in [0.2, 0.25) is 0 Å². The number of furan rings is 1. The van der Waals surface area contributed by atoms with Crippen LogP contribution < -0.4 is 0 Å². The molecule has 0 amide bonds. The second kappa shape index (κ2) is 11.5. The predicted octanol–water partition coefficient (Wildman–Crippen LogP) is 12.7. The summed E-state index contributed by atoms with van der Waals surface area (Å²) in [6, 6.07) is 64.3. The van der Waals surface area contributed by atoms with E-state index in [1.807, 2.05) is 24.3 Å². The van der Waals surface area contributed by atoms with Crippen molar-refractivity contribution in [2.24, 2.45) is 0 Å². The quantitative estimate of drug-likeness (QED) is 0.188. The standard InChI is InChI=1S/C47H30N2O/c1-3-11-35(12-4-1)47-48-42-30-36(27-28-43(42)49(47)38-14-5-2-6-15-38)33-21-19-31(20-22-33)32-23-25-34(26-24-32)45-39-16-8-7-13-37(39)29-41-40-17-9-10-18-44(40)50-46(41)45/h1-30H. The lowest BCUT2D eigenvalue weighted by atomic mass is 9.93. The van der Waals surface area contributed by atoms with Crippen LogP contribution in [0.2, 0.25) is 0 Å². The molecule has 2 aromatic heterocycles. The molecule has 50 heavy (non-hydrogen) atoms. The molecule has 10 rings (SSSR count). The Morgan fingerprint density at radius 3 is 1.74 bits per heavy atom. The Morgan fingerprint density at radius 2 is 1.00 bits per heavy atom. The van der Waals surface area contributed by atoms with E-state index < -0.39 is 0 Å². The Morgan fingerprint density at radius 1 is 0.420 bits per heavy atom. The molecule has 0 fully saturated rings. The summed E-state index contributed by atoms with van der Waals surface area (Å²) in [5, 5.41) is 4.70. The molecule has 8 aromatic carbocycles. The summed E-state index contributed by atoms with van der Waals surface area (Å²) in [4.78, 5) is 5.15. The van der Waals surface area contributed by atoms with Gasteiger partial charge < -0.3 is 4.42 Å². The van der Waals surface area contributed by atoms with Gasteiger partial charge in [-0.1, -0.05) is 146 Å². The van der Waals surface area contributed by atoms with Crippen molar-refractivity contribution in [1.29, 1.82) is 0 Å². The molecule has 0 saturated heterocycles. The molecule has 3 nitrogen and oxygen atoms in total. The maximum Gasteiger partial charge on any atom is 0.145 e. The van der Waals surface area contributed by atoms with Gasteiger partial charge in [-0.2, -0.15) is 0 Å². The minimum atomic E-state index is 0.913. The molecule has 0 aliphatic rings. The van der Waals surface area contributed by atoms with Gasteiger partial charge in [0.15, 0.2) is 0 Å². The van der Waals surface area contributed by atoms with Crippen molar-refractivity contribution in [2.45, 2.75) is 0 Å². The molecule has 0 bridgehead atoms. The molecule has 0 aliphatic carbocycles. The molecule has 0 radical (unpaired) electrons. The molecule has 2 heterocycles. The number of imidazole rings is 1. The van der Waals surface area contributed by atoms with E-state index >= 15 is 0 Å². The Balaban J connectivity index is 1.00. The predicted molar refractivity (Wildman–Crippen MR) is 208 cm³/mol. The van der Waals surface area contributed by atoms with E-state index in [1.54, 1.807) is 0 Å². The lowest BCUT2D eigenvalue weighted by molar-refractivity contribution is 0.670. The molecule has 10 aromatic rings. The lowest BCUT2D eigenvalue weighted by Gasteiger charge is -2.11. The van der Waals surface area contributed by atoms with Crippen LogP contribution in [0, 0.1) is 0 Å². The molecular formula is C47H30N2O. The van der Waals surface area contributed by atoms with Gasteiger partial charge in [-0.15, -0.1) is 0 Å². The number of aromatic nitrogens is 2. The van der Waals surface area contributed by atoms with Crippen LogP contribution in [0.3, 0.4) is 0 Å². The van der Waals surface area contributed by atoms with Gasteiger partial charge in [-0.05, 0) is 75.0 Å². The summed E-state index contributed by atoms with van der Waals surface area (Å²) in [5.41, 5.74) is 13.0. The highest BCUT2D eigenvalue weighted by Gasteiger charge is 2.17. The third kappa shape index (κ3) is 4.63. The van der Waals surface area contributed by atoms with Crippen molar-refractivity contribution in [3.63, 3.8) is 0 Å². The smallest absolute Gasteiger partial charge is 0.145 e. The maximum absolute atomic E-state index is 6.49. The van der Waals surface area contributed by atoms with Crippen LogP contribution in [0.1, 0.15) is 0 Å². The van der Waals surface area contributed by atoms with E-state index in [9.17, 15) is 0 Å². The summed E-state index contributed by atoms with van der Waals surface area (Å²) < 4.78 is 8.74. The fourth-order valence-corrected chi connectivity index (χ4v) is 7.37. The lowest BCUT2D eigenvalue weighted by Crippen LogP contribution is -1.97. The number of fused-ring (bicyclic) bond motifs is 5. The fraction of sp³-hybridized carbons (Fsp3) is 0. The average Bonchev–Trinajstić information content (AvgIpc) is 3.76. The Hall–Kier alpha value is -6.71. The molecule has 3 heteroatoms. The first-order valence-electron chi connectivity index (χ1n) is 17.0. The zero-order chi connectivity index (χ0) is 33.0. The fourth-order valence-electron chi connectivity index (χ4n) is 7.37. The van der Waals surface area contributed by atoms with Gasteiger partial charge in [0.25, 0.3) is 0 Å². The van der Waals surface area contributed by atoms with Gasteiger partial charge in [0.05, 0.1) is 11.0 Å². The van der Waals surface area contributed by atoms with Gasteiger partial charge in [-0.3, -0.25) is 4.57 Å². The van der Waals surface area contributed by atoms with E-state index in [-0.39, 0.29) is 0 Å². The summed E-state index contributed by atoms with van der Waals surface area (Å²) in [7, 11) is 0. The summed E-state index contributed by atoms with van der Waals surface area (Å²) in [6.07, 6.45) is 0. The third-order valence-corrected chi connectivity index (χ3v) is 9.82. The van der Waals surface area contributed by atoms with Crippen molar-refractivity contribution < 1.29 is 4.42 Å². The SMILES string of the molecule is c1ccc(-c2nc3cc(-c4ccc(-c5ccc(-c6c7ccccc7cc7c6oc6ccccc67)cc5)cc4)ccc3n2-c2ccccc2)cc1. The molecule has 0 saturated carbocycles. The van der Waals surface area contributed by atoms with Gasteiger partial charge in [0, 0.05) is 27.6 Å². The number of nitrogens with zero attached hydrogens (tertiary/aromatic N) is 2. The van der Waals surface area contributed by atoms with Gasteiger partial charge in [0.1, 0.15) is 17.0 Å². The second-order valence-corrected chi connectivity index (χ2v) is 12.8. The monoisotopic (exact) mass is 638 g/mol. The summed E-state index contributed by atoms with van der Waals surface area (Å²) in [6.45, 7) is 0. The Kier molecular flexibility index (Phi) is 6.49. The minimum Gasteiger partial charge on any atom is -0.455 e. The number of hydrogen-bond donors (Lipinski definition) is 0. The largest absolute Gasteiger partial charge is 0.455 e. The maximum atomic E-state index is 6.49. The first kappa shape index (κ1) is 28.3. The molecule has 0 unspecified atom stereocenters. The normalized spacial score (nSPS) is 11.6. The van der Waals surface area contributed by atoms with E-state index in [4.69, 9.17) is 9.40 Å². The molecular weight excluding hydrogens is 609 g/mol. The number of para-hydroxylation sites is 2. The van der Waals surface area contributed by atoms with Crippen LogP contribution in [-0.4, -0.2) is 9.55 Å². The molecule has 0 aliphatic heterocycles. The van der Waals surface area contributed by atoms with Crippen LogP contribution in [-0.2, 0) is 0 Å². The highest BCUT2D eigenvalue weighted by molar-refractivity contribution is 6.18. The minimum absolute atomic E-state index is 0.913. The van der Waals surface area contributed by atoms with Crippen LogP contribution in [0.4, 0.5) is 0 Å². The van der Waals surface area contributed by atoms with Crippen molar-refractivity contribution in [1.82, 2.24) is 9.55 Å². The highest BCUT2D eigenvalue weighted by Crippen LogP contribution is 2.41. The molecule has 234 valence electrons. The van der Waals surface area contributed by atoms with Crippen molar-refractivity contribution in [3.8, 4) is 50.5 Å². The number of hydrogen-bond acceptors (Lipinski definition) is 2. The second-order valence-electron chi connectivity index (χ2n) is 12.8. The third-order valence-electron chi connectivity index (χ3n) is 9.82. The summed E-state index contributed by atoms with van der Waals surface area (Å²) in [5.74, 6) is 0.937. The van der Waals surface area contributed by atoms with Crippen molar-refractivity contribution in [3.05, 3.63) is 182 Å². The number of rotatable bonds is 5. The Labute approximate surface area is 289 Å². The van der Waals surface area contributed by atoms with Crippen molar-refractivity contribution >= 4 is 43.7 Å². The Bertz CT molecular complexity index is 2830. The molecule has 0 spiro atoms. The molecule has 0 N–H and O–H groups in total. The highest BCUT2D eigenvalue weighted by atomic mass is 16.3. The van der Waals surface area contributed by atoms with Crippen molar-refractivity contribution in [2.75, 3.05) is 0 Å². The van der Waals surface area contributed by atoms with Crippen LogP contribution in [0.5, 0.6) is 0 Å².